The van der Waals surface area contributed by atoms with Crippen LogP contribution in [0, 0.1) is 12.3 Å². The van der Waals surface area contributed by atoms with Gasteiger partial charge in [-0.2, -0.15) is 0 Å². The first-order valence-corrected chi connectivity index (χ1v) is 4.93. The monoisotopic (exact) mass is 225 g/mol. The van der Waals surface area contributed by atoms with Crippen LogP contribution >= 0.6 is 0 Å². The van der Waals surface area contributed by atoms with Crippen LogP contribution in [0.1, 0.15) is 19.4 Å². The smallest absolute Gasteiger partial charge is 0.389 e. The fourth-order valence-electron chi connectivity index (χ4n) is 1.49. The number of aryl methyl sites for hydroxylation is 1. The SMILES string of the molecule is CCN(CC)c1ccc(C)c([N+]#N)c1.[Cl-]. The first kappa shape index (κ1) is 13.7. The van der Waals surface area contributed by atoms with Crippen molar-refractivity contribution < 1.29 is 12.4 Å². The van der Waals surface area contributed by atoms with Crippen molar-refractivity contribution in [2.75, 3.05) is 18.0 Å². The summed E-state index contributed by atoms with van der Waals surface area (Å²) < 4.78 is 0. The third-order valence-electron chi connectivity index (χ3n) is 2.43. The van der Waals surface area contributed by atoms with E-state index in [1.807, 2.05) is 19.1 Å². The molecule has 0 saturated carbocycles. The van der Waals surface area contributed by atoms with Crippen molar-refractivity contribution in [3.63, 3.8) is 0 Å². The summed E-state index contributed by atoms with van der Waals surface area (Å²) in [5, 5.41) is 8.78. The molecule has 0 aliphatic carbocycles. The van der Waals surface area contributed by atoms with Gasteiger partial charge in [-0.25, -0.2) is 0 Å². The van der Waals surface area contributed by atoms with Crippen LogP contribution in [0.25, 0.3) is 4.98 Å². The second kappa shape index (κ2) is 6.26. The molecule has 0 heterocycles. The minimum atomic E-state index is 0. The van der Waals surface area contributed by atoms with Crippen LogP contribution in [-0.2, 0) is 0 Å². The van der Waals surface area contributed by atoms with Crippen molar-refractivity contribution in [3.05, 3.63) is 28.7 Å². The summed E-state index contributed by atoms with van der Waals surface area (Å²) in [4.78, 5) is 5.47. The Balaban J connectivity index is 0.00000196. The van der Waals surface area contributed by atoms with E-state index in [4.69, 9.17) is 5.39 Å². The molecule has 1 aromatic carbocycles. The lowest BCUT2D eigenvalue weighted by Gasteiger charge is -2.20. The molecule has 0 amide bonds. The summed E-state index contributed by atoms with van der Waals surface area (Å²) in [6, 6.07) is 5.93. The van der Waals surface area contributed by atoms with Crippen molar-refractivity contribution in [3.8, 4) is 0 Å². The summed E-state index contributed by atoms with van der Waals surface area (Å²) in [5.74, 6) is 0. The molecular formula is C11H16ClN3. The second-order valence-corrected chi connectivity index (χ2v) is 3.24. The van der Waals surface area contributed by atoms with Gasteiger partial charge in [0, 0.05) is 24.3 Å². The maximum atomic E-state index is 8.78. The van der Waals surface area contributed by atoms with E-state index in [-0.39, 0.29) is 12.4 Å². The zero-order chi connectivity index (χ0) is 10.6. The lowest BCUT2D eigenvalue weighted by Crippen LogP contribution is -3.00. The standard InChI is InChI=1S/C11H16N3.ClH/c1-4-14(5-2)10-7-6-9(3)11(8-10)13-12;/h6-8H,4-5H2,1-3H3;1H/q+1;/p-1. The average Bonchev–Trinajstić information content (AvgIpc) is 2.22. The summed E-state index contributed by atoms with van der Waals surface area (Å²) in [5.41, 5.74) is 2.74. The number of anilines is 1. The average molecular weight is 226 g/mol. The highest BCUT2D eigenvalue weighted by atomic mass is 35.5. The van der Waals surface area contributed by atoms with Crippen LogP contribution < -0.4 is 17.3 Å². The number of benzene rings is 1. The molecule has 0 radical (unpaired) electrons. The molecule has 4 heteroatoms. The number of hydrogen-bond acceptors (Lipinski definition) is 2. The Kier molecular flexibility index (Phi) is 5.73. The van der Waals surface area contributed by atoms with E-state index in [0.717, 1.165) is 24.3 Å². The van der Waals surface area contributed by atoms with Gasteiger partial charge in [0.2, 0.25) is 5.39 Å². The molecule has 3 nitrogen and oxygen atoms in total. The molecule has 82 valence electrons. The molecule has 15 heavy (non-hydrogen) atoms. The van der Waals surface area contributed by atoms with Gasteiger partial charge in [0.25, 0.3) is 0 Å². The van der Waals surface area contributed by atoms with Crippen LogP contribution in [-0.4, -0.2) is 13.1 Å². The molecule has 0 fully saturated rings. The van der Waals surface area contributed by atoms with Gasteiger partial charge in [-0.3, -0.25) is 0 Å². The fourth-order valence-corrected chi connectivity index (χ4v) is 1.49. The maximum absolute atomic E-state index is 8.78. The van der Waals surface area contributed by atoms with Gasteiger partial charge in [0.1, 0.15) is 0 Å². The summed E-state index contributed by atoms with van der Waals surface area (Å²) in [6.45, 7) is 8.08. The molecule has 1 aromatic rings. The highest BCUT2D eigenvalue weighted by molar-refractivity contribution is 5.62. The molecule has 0 unspecified atom stereocenters. The predicted molar refractivity (Wildman–Crippen MR) is 59.5 cm³/mol. The van der Waals surface area contributed by atoms with E-state index < -0.39 is 0 Å². The zero-order valence-electron chi connectivity index (χ0n) is 9.37. The normalized spacial score (nSPS) is 8.93. The molecule has 1 rings (SSSR count). The van der Waals surface area contributed by atoms with Gasteiger partial charge in [-0.1, -0.05) is 0 Å². The van der Waals surface area contributed by atoms with Crippen LogP contribution in [0.4, 0.5) is 11.4 Å². The topological polar surface area (TPSA) is 31.4 Å². The molecule has 0 aliphatic rings. The van der Waals surface area contributed by atoms with E-state index in [0.29, 0.717) is 5.69 Å². The Labute approximate surface area is 97.1 Å². The van der Waals surface area contributed by atoms with Crippen LogP contribution in [0.5, 0.6) is 0 Å². The molecule has 0 atom stereocenters. The van der Waals surface area contributed by atoms with E-state index in [1.54, 1.807) is 0 Å². The van der Waals surface area contributed by atoms with Gasteiger partial charge in [0.15, 0.2) is 4.98 Å². The number of hydrogen-bond donors (Lipinski definition) is 0. The van der Waals surface area contributed by atoms with Crippen molar-refractivity contribution in [1.29, 1.82) is 5.39 Å². The van der Waals surface area contributed by atoms with Crippen LogP contribution in [0.15, 0.2) is 18.2 Å². The molecule has 0 saturated heterocycles. The van der Waals surface area contributed by atoms with Gasteiger partial charge in [-0.15, -0.1) is 0 Å². The molecule has 0 N–H and O–H groups in total. The molecule has 0 bridgehead atoms. The Bertz CT molecular complexity index is 353. The van der Waals surface area contributed by atoms with Gasteiger partial charge < -0.3 is 17.3 Å². The highest BCUT2D eigenvalue weighted by Gasteiger charge is 2.12. The Morgan fingerprint density at radius 3 is 2.33 bits per heavy atom. The quantitative estimate of drug-likeness (QED) is 0.695. The number of halogens is 1. The summed E-state index contributed by atoms with van der Waals surface area (Å²) in [7, 11) is 0. The molecule has 0 aromatic heterocycles. The van der Waals surface area contributed by atoms with Crippen molar-refractivity contribution in [2.45, 2.75) is 20.8 Å². The van der Waals surface area contributed by atoms with Crippen molar-refractivity contribution in [1.82, 2.24) is 0 Å². The van der Waals surface area contributed by atoms with E-state index in [1.165, 1.54) is 0 Å². The third-order valence-corrected chi connectivity index (χ3v) is 2.43. The number of diazo groups is 1. The van der Waals surface area contributed by atoms with E-state index in [9.17, 15) is 0 Å². The fraction of sp³-hybridized carbons (Fsp3) is 0.455. The lowest BCUT2D eigenvalue weighted by molar-refractivity contribution is -0.00000327. The molecule has 0 spiro atoms. The van der Waals surface area contributed by atoms with Gasteiger partial charge >= 0.3 is 5.69 Å². The lowest BCUT2D eigenvalue weighted by atomic mass is 10.1. The zero-order valence-corrected chi connectivity index (χ0v) is 10.1. The highest BCUT2D eigenvalue weighted by Crippen LogP contribution is 2.25. The Morgan fingerprint density at radius 1 is 1.27 bits per heavy atom. The maximum Gasteiger partial charge on any atom is 0.389 e. The predicted octanol–water partition coefficient (Wildman–Crippen LogP) is 0.330. The second-order valence-electron chi connectivity index (χ2n) is 3.24. The van der Waals surface area contributed by atoms with Crippen molar-refractivity contribution in [2.24, 2.45) is 0 Å². The summed E-state index contributed by atoms with van der Waals surface area (Å²) in [6.07, 6.45) is 0. The van der Waals surface area contributed by atoms with E-state index >= 15 is 0 Å². The molecular weight excluding hydrogens is 210 g/mol. The third kappa shape index (κ3) is 3.10. The first-order chi connectivity index (χ1) is 6.72. The number of rotatable bonds is 3. The van der Waals surface area contributed by atoms with Gasteiger partial charge in [-0.05, 0) is 32.9 Å². The number of nitrogens with zero attached hydrogens (tertiary/aromatic N) is 3. The first-order valence-electron chi connectivity index (χ1n) is 4.93. The van der Waals surface area contributed by atoms with E-state index in [2.05, 4.69) is 29.8 Å². The molecule has 0 aliphatic heterocycles. The minimum absolute atomic E-state index is 0. The largest absolute Gasteiger partial charge is 1.00 e. The minimum Gasteiger partial charge on any atom is -1.00 e. The summed E-state index contributed by atoms with van der Waals surface area (Å²) >= 11 is 0. The Hall–Kier alpha value is -1.27. The Morgan fingerprint density at radius 2 is 1.87 bits per heavy atom. The van der Waals surface area contributed by atoms with Crippen LogP contribution in [0.3, 0.4) is 0 Å². The van der Waals surface area contributed by atoms with Gasteiger partial charge in [0.05, 0.1) is 6.07 Å². The van der Waals surface area contributed by atoms with Crippen LogP contribution in [0.2, 0.25) is 0 Å². The van der Waals surface area contributed by atoms with Crippen molar-refractivity contribution >= 4 is 11.4 Å².